The predicted octanol–water partition coefficient (Wildman–Crippen LogP) is 3.51. The van der Waals surface area contributed by atoms with Crippen LogP contribution in [0, 0.1) is 0 Å². The van der Waals surface area contributed by atoms with Crippen molar-refractivity contribution in [3.05, 3.63) is 89.5 Å². The molecule has 2 N–H and O–H groups in total. The molecule has 40 heavy (non-hydrogen) atoms. The minimum absolute atomic E-state index is 0.0843. The van der Waals surface area contributed by atoms with Crippen LogP contribution in [0.1, 0.15) is 34.3 Å². The van der Waals surface area contributed by atoms with Crippen molar-refractivity contribution in [1.82, 2.24) is 15.1 Å². The lowest BCUT2D eigenvalue weighted by atomic mass is 10.0. The van der Waals surface area contributed by atoms with E-state index < -0.39 is 6.04 Å². The molecule has 2 atom stereocenters. The Morgan fingerprint density at radius 1 is 0.950 bits per heavy atom. The van der Waals surface area contributed by atoms with Crippen LogP contribution in [0.3, 0.4) is 0 Å². The van der Waals surface area contributed by atoms with Gasteiger partial charge in [0.2, 0.25) is 11.8 Å². The van der Waals surface area contributed by atoms with Gasteiger partial charge in [-0.2, -0.15) is 0 Å². The standard InChI is InChI=1S/C31H33N3O6/c1-33-19-29(36)32-27-18-34(31(38)23-9-11-24(35)12-10-23)15-14-28(27)39-20-22-5-3-7-26(17-22)40-25-6-2-4-21(16-25)8-13-30(33)37/h2-7,9-12,16-17,27-28,35H,8,13-15,18-20H2,1H3,(H,32,36)/t27-,28+/m0/s1. The molecule has 208 valence electrons. The molecule has 9 heteroatoms. The second-order valence-corrected chi connectivity index (χ2v) is 10.3. The number of likely N-dealkylation sites (tertiary alicyclic amines) is 1. The highest BCUT2D eigenvalue weighted by Gasteiger charge is 2.34. The van der Waals surface area contributed by atoms with E-state index in [1.165, 1.54) is 17.0 Å². The van der Waals surface area contributed by atoms with Crippen molar-refractivity contribution in [3.8, 4) is 17.2 Å². The van der Waals surface area contributed by atoms with Gasteiger partial charge in [-0.3, -0.25) is 14.4 Å². The molecule has 3 aromatic rings. The summed E-state index contributed by atoms with van der Waals surface area (Å²) in [4.78, 5) is 42.1. The zero-order chi connectivity index (χ0) is 28.1. The van der Waals surface area contributed by atoms with Crippen molar-refractivity contribution in [2.75, 3.05) is 26.7 Å². The summed E-state index contributed by atoms with van der Waals surface area (Å²) in [7, 11) is 1.61. The molecule has 2 heterocycles. The van der Waals surface area contributed by atoms with Crippen molar-refractivity contribution < 1.29 is 29.0 Å². The molecule has 0 aliphatic carbocycles. The largest absolute Gasteiger partial charge is 0.508 e. The summed E-state index contributed by atoms with van der Waals surface area (Å²) in [6.45, 7) is 0.915. The van der Waals surface area contributed by atoms with E-state index in [-0.39, 0.29) is 49.1 Å². The number of carbonyl (C=O) groups excluding carboxylic acids is 3. The first-order valence-corrected chi connectivity index (χ1v) is 13.4. The van der Waals surface area contributed by atoms with Gasteiger partial charge in [0.15, 0.2) is 0 Å². The van der Waals surface area contributed by atoms with Gasteiger partial charge >= 0.3 is 0 Å². The third-order valence-electron chi connectivity index (χ3n) is 7.23. The molecule has 0 spiro atoms. The second kappa shape index (κ2) is 12.2. The number of aromatic hydroxyl groups is 1. The van der Waals surface area contributed by atoms with Crippen LogP contribution >= 0.6 is 0 Å². The molecule has 3 aromatic carbocycles. The first-order chi connectivity index (χ1) is 19.3. The van der Waals surface area contributed by atoms with Crippen LogP contribution in [-0.2, 0) is 27.4 Å². The Labute approximate surface area is 233 Å². The molecular weight excluding hydrogens is 510 g/mol. The highest BCUT2D eigenvalue weighted by atomic mass is 16.5. The smallest absolute Gasteiger partial charge is 0.253 e. The van der Waals surface area contributed by atoms with Crippen LogP contribution < -0.4 is 10.1 Å². The van der Waals surface area contributed by atoms with Crippen molar-refractivity contribution >= 4 is 17.7 Å². The number of fused-ring (bicyclic) bond motifs is 5. The summed E-state index contributed by atoms with van der Waals surface area (Å²) in [5.74, 6) is 0.799. The molecule has 0 unspecified atom stereocenters. The van der Waals surface area contributed by atoms with Gasteiger partial charge in [-0.15, -0.1) is 0 Å². The van der Waals surface area contributed by atoms with E-state index in [1.54, 1.807) is 24.1 Å². The van der Waals surface area contributed by atoms with Crippen LogP contribution in [0.2, 0.25) is 0 Å². The van der Waals surface area contributed by atoms with Gasteiger partial charge in [-0.05, 0) is 72.5 Å². The molecule has 1 saturated heterocycles. The Morgan fingerprint density at radius 3 is 2.40 bits per heavy atom. The van der Waals surface area contributed by atoms with E-state index >= 15 is 0 Å². The maximum atomic E-state index is 13.2. The third kappa shape index (κ3) is 6.79. The van der Waals surface area contributed by atoms with Crippen LogP contribution in [-0.4, -0.2) is 71.5 Å². The number of phenols is 1. The normalized spacial score (nSPS) is 20.4. The molecule has 2 aliphatic rings. The predicted molar refractivity (Wildman–Crippen MR) is 148 cm³/mol. The number of benzene rings is 3. The van der Waals surface area contributed by atoms with E-state index in [9.17, 15) is 19.5 Å². The lowest BCUT2D eigenvalue weighted by Gasteiger charge is -2.39. The van der Waals surface area contributed by atoms with E-state index in [0.29, 0.717) is 43.1 Å². The van der Waals surface area contributed by atoms with Crippen molar-refractivity contribution in [2.45, 2.75) is 38.0 Å². The molecule has 9 nitrogen and oxygen atoms in total. The van der Waals surface area contributed by atoms with Crippen molar-refractivity contribution in [1.29, 1.82) is 0 Å². The summed E-state index contributed by atoms with van der Waals surface area (Å²) in [6, 6.07) is 20.9. The zero-order valence-electron chi connectivity index (χ0n) is 22.4. The van der Waals surface area contributed by atoms with Gasteiger partial charge in [0.05, 0.1) is 25.3 Å². The average Bonchev–Trinajstić information content (AvgIpc) is 2.95. The lowest BCUT2D eigenvalue weighted by Crippen LogP contribution is -2.58. The number of aryl methyl sites for hydroxylation is 1. The van der Waals surface area contributed by atoms with E-state index in [1.807, 2.05) is 48.5 Å². The monoisotopic (exact) mass is 543 g/mol. The number of amides is 3. The number of hydrogen-bond donors (Lipinski definition) is 2. The van der Waals surface area contributed by atoms with Gasteiger partial charge in [-0.25, -0.2) is 0 Å². The van der Waals surface area contributed by atoms with Crippen LogP contribution in [0.4, 0.5) is 0 Å². The number of hydrogen-bond acceptors (Lipinski definition) is 6. The summed E-state index contributed by atoms with van der Waals surface area (Å²) in [5.41, 5.74) is 2.34. The summed E-state index contributed by atoms with van der Waals surface area (Å²) in [5, 5.41) is 12.6. The Hall–Kier alpha value is -4.37. The third-order valence-corrected chi connectivity index (χ3v) is 7.23. The number of nitrogens with one attached hydrogen (secondary N) is 1. The highest BCUT2D eigenvalue weighted by molar-refractivity contribution is 5.94. The maximum absolute atomic E-state index is 13.2. The van der Waals surface area contributed by atoms with E-state index in [0.717, 1.165) is 11.1 Å². The van der Waals surface area contributed by atoms with Gasteiger partial charge in [0.1, 0.15) is 17.2 Å². The molecule has 2 aliphatic heterocycles. The van der Waals surface area contributed by atoms with Crippen molar-refractivity contribution in [2.24, 2.45) is 0 Å². The number of phenolic OH excluding ortho intramolecular Hbond substituents is 1. The molecular formula is C31H33N3O6. The zero-order valence-corrected chi connectivity index (χ0v) is 22.4. The molecule has 0 radical (unpaired) electrons. The minimum atomic E-state index is -0.469. The van der Waals surface area contributed by atoms with E-state index in [4.69, 9.17) is 9.47 Å². The van der Waals surface area contributed by atoms with Gasteiger partial charge in [0, 0.05) is 32.1 Å². The second-order valence-electron chi connectivity index (χ2n) is 10.3. The van der Waals surface area contributed by atoms with Crippen LogP contribution in [0.25, 0.3) is 0 Å². The van der Waals surface area contributed by atoms with Crippen LogP contribution in [0.5, 0.6) is 17.2 Å². The van der Waals surface area contributed by atoms with Crippen LogP contribution in [0.15, 0.2) is 72.8 Å². The fourth-order valence-electron chi connectivity index (χ4n) is 5.04. The maximum Gasteiger partial charge on any atom is 0.253 e. The first kappa shape index (κ1) is 27.2. The number of rotatable bonds is 1. The fraction of sp³-hybridized carbons (Fsp3) is 0.323. The number of carbonyl (C=O) groups is 3. The Balaban J connectivity index is 1.37. The summed E-state index contributed by atoms with van der Waals surface area (Å²) < 4.78 is 12.4. The molecule has 0 saturated carbocycles. The number of ether oxygens (including phenoxy) is 2. The lowest BCUT2D eigenvalue weighted by molar-refractivity contribution is -0.135. The van der Waals surface area contributed by atoms with Gasteiger partial charge in [0.25, 0.3) is 5.91 Å². The van der Waals surface area contributed by atoms with Gasteiger partial charge in [-0.1, -0.05) is 24.3 Å². The topological polar surface area (TPSA) is 108 Å². The SMILES string of the molecule is CN1CC(=O)N[C@H]2CN(C(=O)c3ccc(O)cc3)CC[C@H]2OCc2cccc(c2)Oc2cccc(c2)CCC1=O. The number of nitrogens with zero attached hydrogens (tertiary/aromatic N) is 2. The van der Waals surface area contributed by atoms with E-state index in [2.05, 4.69) is 5.32 Å². The Morgan fingerprint density at radius 2 is 1.65 bits per heavy atom. The molecule has 5 rings (SSSR count). The number of piperidine rings is 1. The highest BCUT2D eigenvalue weighted by Crippen LogP contribution is 2.25. The minimum Gasteiger partial charge on any atom is -0.508 e. The van der Waals surface area contributed by atoms with Crippen molar-refractivity contribution in [3.63, 3.8) is 0 Å². The first-order valence-electron chi connectivity index (χ1n) is 13.4. The quantitative estimate of drug-likeness (QED) is 0.487. The summed E-state index contributed by atoms with van der Waals surface area (Å²) in [6.07, 6.45) is 0.961. The molecule has 4 bridgehead atoms. The average molecular weight is 544 g/mol. The molecule has 3 amide bonds. The molecule has 0 aromatic heterocycles. The molecule has 1 fully saturated rings. The Bertz CT molecular complexity index is 1380. The Kier molecular flexibility index (Phi) is 8.31. The number of likely N-dealkylation sites (N-methyl/N-ethyl adjacent to an activating group) is 1. The van der Waals surface area contributed by atoms with Gasteiger partial charge < -0.3 is 29.7 Å². The fourth-order valence-corrected chi connectivity index (χ4v) is 5.04. The summed E-state index contributed by atoms with van der Waals surface area (Å²) >= 11 is 0.